The lowest BCUT2D eigenvalue weighted by Crippen LogP contribution is -2.41. The van der Waals surface area contributed by atoms with E-state index in [-0.39, 0.29) is 11.8 Å². The van der Waals surface area contributed by atoms with Gasteiger partial charge < -0.3 is 10.1 Å². The molecule has 1 aromatic rings. The number of ether oxygens (including phenoxy) is 1. The number of Topliss-reactive ketones (excluding diaryl/α,β-unsaturated/α-hetero) is 2. The Morgan fingerprint density at radius 3 is 2.61 bits per heavy atom. The minimum Gasteiger partial charge on any atom is -0.483 e. The van der Waals surface area contributed by atoms with Crippen molar-refractivity contribution in [1.82, 2.24) is 5.32 Å². The number of hydrogen-bond donors (Lipinski definition) is 1. The normalized spacial score (nSPS) is 15.9. The molecule has 1 aliphatic rings. The van der Waals surface area contributed by atoms with Gasteiger partial charge in [-0.15, -0.1) is 0 Å². The Labute approximate surface area is 134 Å². The van der Waals surface area contributed by atoms with Gasteiger partial charge in [0.25, 0.3) is 0 Å². The number of benzene rings is 1. The van der Waals surface area contributed by atoms with Crippen LogP contribution in [0.2, 0.25) is 0 Å². The van der Waals surface area contributed by atoms with E-state index < -0.39 is 23.7 Å². The Kier molecular flexibility index (Phi) is 5.12. The van der Waals surface area contributed by atoms with E-state index in [0.29, 0.717) is 11.3 Å². The summed E-state index contributed by atoms with van der Waals surface area (Å²) in [6, 6.07) is 8.24. The molecule has 0 aromatic heterocycles. The lowest BCUT2D eigenvalue weighted by molar-refractivity contribution is -0.135. The highest BCUT2D eigenvalue weighted by Gasteiger charge is 2.34. The summed E-state index contributed by atoms with van der Waals surface area (Å²) in [6.07, 6.45) is 0.788. The van der Waals surface area contributed by atoms with E-state index in [2.05, 4.69) is 5.32 Å². The predicted molar refractivity (Wildman–Crippen MR) is 81.8 cm³/mol. The highest BCUT2D eigenvalue weighted by atomic mass is 16.5. The number of ketones is 2. The van der Waals surface area contributed by atoms with E-state index in [1.165, 1.54) is 19.9 Å². The van der Waals surface area contributed by atoms with E-state index in [1.807, 2.05) is 0 Å². The minimum atomic E-state index is -1.39. The molecule has 1 aliphatic carbocycles. The molecule has 1 N–H and O–H groups in total. The van der Waals surface area contributed by atoms with Crippen LogP contribution in [0.25, 0.3) is 0 Å². The SMILES string of the molecule is CC(=O)c1cccc(OC(C)C(=O)C(C#N)C(=O)NC2CC2)c1. The Balaban J connectivity index is 2.03. The second kappa shape index (κ2) is 7.05. The Hall–Kier alpha value is -2.68. The zero-order valence-electron chi connectivity index (χ0n) is 13.0. The van der Waals surface area contributed by atoms with Crippen LogP contribution >= 0.6 is 0 Å². The van der Waals surface area contributed by atoms with E-state index in [4.69, 9.17) is 10.00 Å². The maximum atomic E-state index is 12.3. The van der Waals surface area contributed by atoms with Crippen LogP contribution in [0.15, 0.2) is 24.3 Å². The van der Waals surface area contributed by atoms with E-state index >= 15 is 0 Å². The van der Waals surface area contributed by atoms with Gasteiger partial charge in [0.05, 0.1) is 6.07 Å². The molecule has 1 fully saturated rings. The quantitative estimate of drug-likeness (QED) is 0.609. The summed E-state index contributed by atoms with van der Waals surface area (Å²) in [7, 11) is 0. The lowest BCUT2D eigenvalue weighted by atomic mass is 10.0. The number of carbonyl (C=O) groups excluding carboxylic acids is 3. The summed E-state index contributed by atoms with van der Waals surface area (Å²) in [5, 5.41) is 11.7. The van der Waals surface area contributed by atoms with Crippen molar-refractivity contribution < 1.29 is 19.1 Å². The van der Waals surface area contributed by atoms with Crippen molar-refractivity contribution in [1.29, 1.82) is 5.26 Å². The van der Waals surface area contributed by atoms with Crippen LogP contribution in [0.3, 0.4) is 0 Å². The van der Waals surface area contributed by atoms with Crippen molar-refractivity contribution in [2.45, 2.75) is 38.8 Å². The van der Waals surface area contributed by atoms with Gasteiger partial charge in [-0.05, 0) is 38.8 Å². The van der Waals surface area contributed by atoms with E-state index in [9.17, 15) is 14.4 Å². The first-order valence-electron chi connectivity index (χ1n) is 7.43. The molecule has 6 heteroatoms. The summed E-state index contributed by atoms with van der Waals surface area (Å²) in [5.41, 5.74) is 0.463. The monoisotopic (exact) mass is 314 g/mol. The Morgan fingerprint density at radius 1 is 1.35 bits per heavy atom. The predicted octanol–water partition coefficient (Wildman–Crippen LogP) is 1.64. The first-order valence-corrected chi connectivity index (χ1v) is 7.43. The minimum absolute atomic E-state index is 0.0784. The summed E-state index contributed by atoms with van der Waals surface area (Å²) in [5.74, 6) is -2.33. The molecule has 1 aromatic carbocycles. The molecule has 0 spiro atoms. The smallest absolute Gasteiger partial charge is 0.245 e. The van der Waals surface area contributed by atoms with Gasteiger partial charge in [0.1, 0.15) is 5.75 Å². The average molecular weight is 314 g/mol. The van der Waals surface area contributed by atoms with Gasteiger partial charge in [-0.3, -0.25) is 14.4 Å². The van der Waals surface area contributed by atoms with Gasteiger partial charge in [0.2, 0.25) is 5.91 Å². The molecule has 2 rings (SSSR count). The highest BCUT2D eigenvalue weighted by Crippen LogP contribution is 2.20. The Bertz CT molecular complexity index is 673. The van der Waals surface area contributed by atoms with E-state index in [0.717, 1.165) is 12.8 Å². The topological polar surface area (TPSA) is 96.3 Å². The third kappa shape index (κ3) is 4.39. The summed E-state index contributed by atoms with van der Waals surface area (Å²) in [4.78, 5) is 35.5. The number of nitriles is 1. The fourth-order valence-electron chi connectivity index (χ4n) is 2.05. The van der Waals surface area contributed by atoms with Crippen molar-refractivity contribution in [3.8, 4) is 11.8 Å². The largest absolute Gasteiger partial charge is 0.483 e. The molecule has 1 saturated carbocycles. The van der Waals surface area contributed by atoms with Crippen molar-refractivity contribution in [3.63, 3.8) is 0 Å². The zero-order chi connectivity index (χ0) is 17.0. The van der Waals surface area contributed by atoms with Crippen molar-refractivity contribution >= 4 is 17.5 Å². The number of hydrogen-bond acceptors (Lipinski definition) is 5. The second-order valence-corrected chi connectivity index (χ2v) is 5.59. The summed E-state index contributed by atoms with van der Waals surface area (Å²) in [6.45, 7) is 2.92. The summed E-state index contributed by atoms with van der Waals surface area (Å²) >= 11 is 0. The molecule has 2 atom stereocenters. The molecule has 2 unspecified atom stereocenters. The van der Waals surface area contributed by atoms with Gasteiger partial charge in [-0.1, -0.05) is 12.1 Å². The molecular formula is C17H18N2O4. The zero-order valence-corrected chi connectivity index (χ0v) is 13.0. The maximum Gasteiger partial charge on any atom is 0.245 e. The van der Waals surface area contributed by atoms with Gasteiger partial charge in [0.15, 0.2) is 23.6 Å². The molecule has 1 amide bonds. The van der Waals surface area contributed by atoms with Crippen molar-refractivity contribution in [3.05, 3.63) is 29.8 Å². The molecular weight excluding hydrogens is 296 g/mol. The molecule has 6 nitrogen and oxygen atoms in total. The number of rotatable bonds is 7. The Morgan fingerprint density at radius 2 is 2.04 bits per heavy atom. The molecule has 0 bridgehead atoms. The molecule has 0 aliphatic heterocycles. The lowest BCUT2D eigenvalue weighted by Gasteiger charge is -2.16. The molecule has 120 valence electrons. The third-order valence-corrected chi connectivity index (χ3v) is 3.55. The van der Waals surface area contributed by atoms with E-state index in [1.54, 1.807) is 24.3 Å². The van der Waals surface area contributed by atoms with Gasteiger partial charge in [-0.25, -0.2) is 0 Å². The molecule has 0 radical (unpaired) electrons. The summed E-state index contributed by atoms with van der Waals surface area (Å²) < 4.78 is 5.49. The third-order valence-electron chi connectivity index (χ3n) is 3.55. The molecule has 23 heavy (non-hydrogen) atoms. The number of carbonyl (C=O) groups is 3. The number of amides is 1. The van der Waals surface area contributed by atoms with Crippen molar-refractivity contribution in [2.24, 2.45) is 5.92 Å². The van der Waals surface area contributed by atoms with Crippen LogP contribution in [-0.4, -0.2) is 29.6 Å². The van der Waals surface area contributed by atoms with Crippen LogP contribution in [-0.2, 0) is 9.59 Å². The van der Waals surface area contributed by atoms with Gasteiger partial charge in [0, 0.05) is 11.6 Å². The molecule has 0 heterocycles. The number of nitrogens with one attached hydrogen (secondary N) is 1. The molecule has 0 saturated heterocycles. The standard InChI is InChI=1S/C17H18N2O4/c1-10(20)12-4-3-5-14(8-12)23-11(2)16(21)15(9-18)17(22)19-13-6-7-13/h3-5,8,11,13,15H,6-7H2,1-2H3,(H,19,22). The first kappa shape index (κ1) is 16.7. The van der Waals surface area contributed by atoms with Crippen LogP contribution in [0, 0.1) is 17.2 Å². The fraction of sp³-hybridized carbons (Fsp3) is 0.412. The van der Waals surface area contributed by atoms with Crippen molar-refractivity contribution in [2.75, 3.05) is 0 Å². The van der Waals surface area contributed by atoms with Crippen LogP contribution in [0.4, 0.5) is 0 Å². The second-order valence-electron chi connectivity index (χ2n) is 5.59. The fourth-order valence-corrected chi connectivity index (χ4v) is 2.05. The van der Waals surface area contributed by atoms with Crippen LogP contribution < -0.4 is 10.1 Å². The highest BCUT2D eigenvalue weighted by molar-refractivity contribution is 6.06. The van der Waals surface area contributed by atoms with Crippen LogP contribution in [0.1, 0.15) is 37.0 Å². The average Bonchev–Trinajstić information content (AvgIpc) is 3.31. The van der Waals surface area contributed by atoms with Crippen LogP contribution in [0.5, 0.6) is 5.75 Å². The van der Waals surface area contributed by atoms with Gasteiger partial charge in [-0.2, -0.15) is 5.26 Å². The maximum absolute atomic E-state index is 12.3. The first-order chi connectivity index (χ1) is 10.9. The number of nitrogens with zero attached hydrogens (tertiary/aromatic N) is 1. The van der Waals surface area contributed by atoms with Gasteiger partial charge >= 0.3 is 0 Å².